The van der Waals surface area contributed by atoms with Crippen molar-refractivity contribution in [2.24, 2.45) is 0 Å². The molecule has 128 valence electrons. The standard InChI is InChI=1S/C13H16F3N3O3S/c1-8-6-9(2)11(19-5-4-18(3)12(19)20)7-10(8)17-23(21,22)13(14,15)16/h6-7,17H,4-5H2,1-3H3. The lowest BCUT2D eigenvalue weighted by Crippen LogP contribution is -2.31. The second-order valence-corrected chi connectivity index (χ2v) is 7.03. The Balaban J connectivity index is 2.44. The van der Waals surface area contributed by atoms with Gasteiger partial charge in [0.2, 0.25) is 0 Å². The van der Waals surface area contributed by atoms with E-state index in [9.17, 15) is 26.4 Å². The number of sulfonamides is 1. The second-order valence-electron chi connectivity index (χ2n) is 5.36. The molecule has 0 aliphatic carbocycles. The number of nitrogens with one attached hydrogen (secondary N) is 1. The van der Waals surface area contributed by atoms with Gasteiger partial charge in [-0.2, -0.15) is 21.6 Å². The van der Waals surface area contributed by atoms with Crippen LogP contribution < -0.4 is 9.62 Å². The minimum absolute atomic E-state index is 0.203. The molecule has 6 nitrogen and oxygen atoms in total. The van der Waals surface area contributed by atoms with Crippen molar-refractivity contribution in [2.45, 2.75) is 19.4 Å². The summed E-state index contributed by atoms with van der Waals surface area (Å²) >= 11 is 0. The molecule has 1 N–H and O–H groups in total. The van der Waals surface area contributed by atoms with Crippen LogP contribution in [0.2, 0.25) is 0 Å². The molecule has 10 heteroatoms. The minimum Gasteiger partial charge on any atom is -0.326 e. The maximum absolute atomic E-state index is 12.5. The van der Waals surface area contributed by atoms with Gasteiger partial charge in [0, 0.05) is 20.1 Å². The smallest absolute Gasteiger partial charge is 0.326 e. The van der Waals surface area contributed by atoms with Crippen LogP contribution in [0.1, 0.15) is 11.1 Å². The topological polar surface area (TPSA) is 69.7 Å². The van der Waals surface area contributed by atoms with Crippen molar-refractivity contribution in [3.8, 4) is 0 Å². The summed E-state index contributed by atoms with van der Waals surface area (Å²) < 4.78 is 61.7. The monoisotopic (exact) mass is 351 g/mol. The zero-order valence-electron chi connectivity index (χ0n) is 12.7. The lowest BCUT2D eigenvalue weighted by molar-refractivity contribution is -0.0429. The van der Waals surface area contributed by atoms with Crippen LogP contribution in [0.25, 0.3) is 0 Å². The van der Waals surface area contributed by atoms with Gasteiger partial charge in [0.15, 0.2) is 0 Å². The highest BCUT2D eigenvalue weighted by molar-refractivity contribution is 7.93. The average molecular weight is 351 g/mol. The molecule has 1 saturated heterocycles. The molecule has 1 heterocycles. The van der Waals surface area contributed by atoms with Crippen LogP contribution in [0.15, 0.2) is 12.1 Å². The number of hydrogen-bond acceptors (Lipinski definition) is 3. The highest BCUT2D eigenvalue weighted by atomic mass is 32.2. The molecule has 1 aromatic carbocycles. The van der Waals surface area contributed by atoms with Crippen LogP contribution in [-0.2, 0) is 10.0 Å². The molecule has 0 aromatic heterocycles. The Morgan fingerprint density at radius 1 is 1.13 bits per heavy atom. The Hall–Kier alpha value is -1.97. The van der Waals surface area contributed by atoms with Crippen molar-refractivity contribution in [3.63, 3.8) is 0 Å². The summed E-state index contributed by atoms with van der Waals surface area (Å²) in [5, 5.41) is 0. The maximum atomic E-state index is 12.5. The van der Waals surface area contributed by atoms with E-state index in [1.165, 1.54) is 33.6 Å². The van der Waals surface area contributed by atoms with E-state index in [1.807, 2.05) is 0 Å². The van der Waals surface area contributed by atoms with Crippen molar-refractivity contribution in [1.29, 1.82) is 0 Å². The number of benzene rings is 1. The molecular weight excluding hydrogens is 335 g/mol. The summed E-state index contributed by atoms with van der Waals surface area (Å²) in [7, 11) is -3.90. The summed E-state index contributed by atoms with van der Waals surface area (Å²) in [4.78, 5) is 14.9. The number of rotatable bonds is 3. The van der Waals surface area contributed by atoms with Gasteiger partial charge in [-0.05, 0) is 31.0 Å². The first-order valence-corrected chi connectivity index (χ1v) is 8.15. The first-order chi connectivity index (χ1) is 10.4. The number of carbonyl (C=O) groups is 1. The summed E-state index contributed by atoms with van der Waals surface area (Å²) in [6.45, 7) is 4.05. The zero-order chi connectivity index (χ0) is 17.6. The van der Waals surface area contributed by atoms with Crippen molar-refractivity contribution < 1.29 is 26.4 Å². The minimum atomic E-state index is -5.51. The van der Waals surface area contributed by atoms with Crippen LogP contribution in [0.5, 0.6) is 0 Å². The van der Waals surface area contributed by atoms with Crippen LogP contribution in [0, 0.1) is 13.8 Å². The Kier molecular flexibility index (Phi) is 4.22. The first kappa shape index (κ1) is 17.4. The molecule has 1 aliphatic rings. The number of anilines is 2. The van der Waals surface area contributed by atoms with E-state index >= 15 is 0 Å². The largest absolute Gasteiger partial charge is 0.516 e. The Labute approximate surface area is 131 Å². The van der Waals surface area contributed by atoms with E-state index in [1.54, 1.807) is 14.0 Å². The van der Waals surface area contributed by atoms with Crippen molar-refractivity contribution in [3.05, 3.63) is 23.3 Å². The van der Waals surface area contributed by atoms with Crippen LogP contribution in [0.4, 0.5) is 29.3 Å². The highest BCUT2D eigenvalue weighted by Crippen LogP contribution is 2.32. The molecule has 0 saturated carbocycles. The number of alkyl halides is 3. The van der Waals surface area contributed by atoms with Gasteiger partial charge in [0.1, 0.15) is 0 Å². The van der Waals surface area contributed by atoms with E-state index in [-0.39, 0.29) is 11.7 Å². The molecule has 0 atom stereocenters. The zero-order valence-corrected chi connectivity index (χ0v) is 13.5. The Morgan fingerprint density at radius 3 is 2.22 bits per heavy atom. The molecule has 0 unspecified atom stereocenters. The highest BCUT2D eigenvalue weighted by Gasteiger charge is 2.46. The summed E-state index contributed by atoms with van der Waals surface area (Å²) in [6.07, 6.45) is 0. The summed E-state index contributed by atoms with van der Waals surface area (Å²) in [5.74, 6) is 0. The molecule has 1 aromatic rings. The second kappa shape index (κ2) is 5.59. The normalized spacial score (nSPS) is 16.2. The van der Waals surface area contributed by atoms with Gasteiger partial charge in [0.25, 0.3) is 0 Å². The van der Waals surface area contributed by atoms with Gasteiger partial charge in [-0.1, -0.05) is 6.07 Å². The van der Waals surface area contributed by atoms with E-state index in [0.717, 1.165) is 0 Å². The van der Waals surface area contributed by atoms with Gasteiger partial charge >= 0.3 is 21.6 Å². The fourth-order valence-electron chi connectivity index (χ4n) is 2.32. The molecule has 2 amide bonds. The number of likely N-dealkylation sites (N-methyl/N-ethyl adjacent to an activating group) is 1. The van der Waals surface area contributed by atoms with E-state index in [2.05, 4.69) is 0 Å². The van der Waals surface area contributed by atoms with Crippen molar-refractivity contribution >= 4 is 27.4 Å². The molecule has 1 fully saturated rings. The summed E-state index contributed by atoms with van der Waals surface area (Å²) in [5.41, 5.74) is -4.23. The lowest BCUT2D eigenvalue weighted by atomic mass is 10.1. The third-order valence-corrected chi connectivity index (χ3v) is 4.70. The number of urea groups is 1. The number of halogens is 3. The third kappa shape index (κ3) is 3.21. The van der Waals surface area contributed by atoms with Gasteiger partial charge in [-0.25, -0.2) is 4.79 Å². The van der Waals surface area contributed by atoms with Crippen LogP contribution in [-0.4, -0.2) is 45.0 Å². The predicted molar refractivity (Wildman–Crippen MR) is 79.9 cm³/mol. The van der Waals surface area contributed by atoms with Crippen molar-refractivity contribution in [1.82, 2.24) is 4.90 Å². The van der Waals surface area contributed by atoms with Crippen LogP contribution >= 0.6 is 0 Å². The van der Waals surface area contributed by atoms with Gasteiger partial charge in [-0.3, -0.25) is 9.62 Å². The third-order valence-electron chi connectivity index (χ3n) is 3.60. The molecule has 0 bridgehead atoms. The van der Waals surface area contributed by atoms with E-state index in [0.29, 0.717) is 29.9 Å². The lowest BCUT2D eigenvalue weighted by Gasteiger charge is -2.21. The van der Waals surface area contributed by atoms with Gasteiger partial charge in [-0.15, -0.1) is 0 Å². The van der Waals surface area contributed by atoms with E-state index in [4.69, 9.17) is 0 Å². The number of amides is 2. The van der Waals surface area contributed by atoms with E-state index < -0.39 is 15.5 Å². The Bertz CT molecular complexity index is 747. The molecule has 0 radical (unpaired) electrons. The molecule has 2 rings (SSSR count). The fourth-order valence-corrected chi connectivity index (χ4v) is 2.94. The van der Waals surface area contributed by atoms with Crippen molar-refractivity contribution in [2.75, 3.05) is 29.8 Å². The average Bonchev–Trinajstić information content (AvgIpc) is 2.72. The summed E-state index contributed by atoms with van der Waals surface area (Å²) in [6, 6.07) is 2.50. The molecule has 0 spiro atoms. The fraction of sp³-hybridized carbons (Fsp3) is 0.462. The quantitative estimate of drug-likeness (QED) is 0.909. The van der Waals surface area contributed by atoms with Gasteiger partial charge in [0.05, 0.1) is 11.4 Å². The molecule has 1 aliphatic heterocycles. The first-order valence-electron chi connectivity index (χ1n) is 6.67. The number of aryl methyl sites for hydroxylation is 2. The number of hydrogen-bond donors (Lipinski definition) is 1. The Morgan fingerprint density at radius 2 is 1.74 bits per heavy atom. The number of carbonyl (C=O) groups excluding carboxylic acids is 1. The SMILES string of the molecule is Cc1cc(C)c(N2CCN(C)C2=O)cc1NS(=O)(=O)C(F)(F)F. The van der Waals surface area contributed by atoms with Crippen LogP contribution in [0.3, 0.4) is 0 Å². The maximum Gasteiger partial charge on any atom is 0.516 e. The predicted octanol–water partition coefficient (Wildman–Crippen LogP) is 2.44. The number of nitrogens with zero attached hydrogens (tertiary/aromatic N) is 2. The molecular formula is C13H16F3N3O3S. The molecule has 23 heavy (non-hydrogen) atoms. The van der Waals surface area contributed by atoms with Gasteiger partial charge < -0.3 is 4.90 Å².